The lowest BCUT2D eigenvalue weighted by molar-refractivity contribution is 0.283. The SMILES string of the molecule is COc1ccc(Br)cc1NCCCCCCO. The van der Waals surface area contributed by atoms with Crippen molar-refractivity contribution in [2.45, 2.75) is 25.7 Å². The summed E-state index contributed by atoms with van der Waals surface area (Å²) in [5.41, 5.74) is 1.02. The van der Waals surface area contributed by atoms with Crippen LogP contribution >= 0.6 is 15.9 Å². The molecule has 0 amide bonds. The number of unbranched alkanes of at least 4 members (excludes halogenated alkanes) is 3. The first-order valence-corrected chi connectivity index (χ1v) is 6.75. The van der Waals surface area contributed by atoms with Gasteiger partial charge in [-0.1, -0.05) is 28.8 Å². The molecule has 1 rings (SSSR count). The summed E-state index contributed by atoms with van der Waals surface area (Å²) in [6.07, 6.45) is 4.24. The number of hydrogen-bond donors (Lipinski definition) is 2. The van der Waals surface area contributed by atoms with Crippen molar-refractivity contribution in [2.75, 3.05) is 25.6 Å². The molecule has 0 atom stereocenters. The van der Waals surface area contributed by atoms with Crippen molar-refractivity contribution in [3.05, 3.63) is 22.7 Å². The smallest absolute Gasteiger partial charge is 0.142 e. The molecule has 0 bridgehead atoms. The van der Waals surface area contributed by atoms with E-state index in [9.17, 15) is 0 Å². The molecular formula is C13H20BrNO2. The number of halogens is 1. The Morgan fingerprint density at radius 3 is 2.71 bits per heavy atom. The lowest BCUT2D eigenvalue weighted by Gasteiger charge is -2.11. The van der Waals surface area contributed by atoms with E-state index in [0.717, 1.165) is 48.1 Å². The molecule has 0 saturated heterocycles. The Bertz CT molecular complexity index is 331. The Morgan fingerprint density at radius 1 is 1.24 bits per heavy atom. The van der Waals surface area contributed by atoms with Crippen LogP contribution in [-0.2, 0) is 0 Å². The number of aliphatic hydroxyl groups excluding tert-OH is 1. The molecular weight excluding hydrogens is 282 g/mol. The second-order valence-electron chi connectivity index (χ2n) is 3.91. The Kier molecular flexibility index (Phi) is 7.05. The molecule has 1 aromatic carbocycles. The fourth-order valence-electron chi connectivity index (χ4n) is 1.63. The number of rotatable bonds is 8. The van der Waals surface area contributed by atoms with Crippen molar-refractivity contribution >= 4 is 21.6 Å². The molecule has 0 radical (unpaired) electrons. The molecule has 96 valence electrons. The first-order chi connectivity index (χ1) is 8.27. The molecule has 0 unspecified atom stereocenters. The monoisotopic (exact) mass is 301 g/mol. The fourth-order valence-corrected chi connectivity index (χ4v) is 1.99. The van der Waals surface area contributed by atoms with E-state index < -0.39 is 0 Å². The van der Waals surface area contributed by atoms with Gasteiger partial charge >= 0.3 is 0 Å². The van der Waals surface area contributed by atoms with E-state index >= 15 is 0 Å². The zero-order valence-corrected chi connectivity index (χ0v) is 11.8. The van der Waals surface area contributed by atoms with Crippen molar-refractivity contribution in [3.8, 4) is 5.75 Å². The minimum atomic E-state index is 0.298. The number of hydrogen-bond acceptors (Lipinski definition) is 3. The van der Waals surface area contributed by atoms with Crippen LogP contribution in [0, 0.1) is 0 Å². The summed E-state index contributed by atoms with van der Waals surface area (Å²) in [5, 5.41) is 12.0. The first-order valence-electron chi connectivity index (χ1n) is 5.96. The van der Waals surface area contributed by atoms with Crippen molar-refractivity contribution in [1.29, 1.82) is 0 Å². The highest BCUT2D eigenvalue weighted by atomic mass is 79.9. The molecule has 0 aromatic heterocycles. The van der Waals surface area contributed by atoms with Crippen LogP contribution in [0.1, 0.15) is 25.7 Å². The van der Waals surface area contributed by atoms with Gasteiger partial charge < -0.3 is 15.2 Å². The summed E-state index contributed by atoms with van der Waals surface area (Å²) in [6, 6.07) is 5.93. The normalized spacial score (nSPS) is 10.3. The van der Waals surface area contributed by atoms with Crippen LogP contribution in [-0.4, -0.2) is 25.4 Å². The van der Waals surface area contributed by atoms with E-state index in [0.29, 0.717) is 6.61 Å². The highest BCUT2D eigenvalue weighted by Gasteiger charge is 2.02. The van der Waals surface area contributed by atoms with E-state index in [1.807, 2.05) is 18.2 Å². The number of ether oxygens (including phenoxy) is 1. The maximum atomic E-state index is 8.66. The Balaban J connectivity index is 2.32. The number of nitrogens with one attached hydrogen (secondary N) is 1. The van der Waals surface area contributed by atoms with Crippen LogP contribution in [0.15, 0.2) is 22.7 Å². The van der Waals surface area contributed by atoms with Gasteiger partial charge in [0, 0.05) is 17.6 Å². The zero-order valence-electron chi connectivity index (χ0n) is 10.2. The quantitative estimate of drug-likeness (QED) is 0.723. The summed E-state index contributed by atoms with van der Waals surface area (Å²) in [7, 11) is 1.68. The van der Waals surface area contributed by atoms with Gasteiger partial charge in [-0.15, -0.1) is 0 Å². The number of benzene rings is 1. The van der Waals surface area contributed by atoms with Crippen LogP contribution in [0.4, 0.5) is 5.69 Å². The van der Waals surface area contributed by atoms with E-state index in [1.165, 1.54) is 0 Å². The molecule has 17 heavy (non-hydrogen) atoms. The van der Waals surface area contributed by atoms with Crippen molar-refractivity contribution in [3.63, 3.8) is 0 Å². The van der Waals surface area contributed by atoms with Gasteiger partial charge in [-0.3, -0.25) is 0 Å². The van der Waals surface area contributed by atoms with E-state index in [-0.39, 0.29) is 0 Å². The predicted molar refractivity (Wildman–Crippen MR) is 74.7 cm³/mol. The van der Waals surface area contributed by atoms with Crippen molar-refractivity contribution in [2.24, 2.45) is 0 Å². The largest absolute Gasteiger partial charge is 0.495 e. The highest BCUT2D eigenvalue weighted by molar-refractivity contribution is 9.10. The van der Waals surface area contributed by atoms with Crippen molar-refractivity contribution < 1.29 is 9.84 Å². The molecule has 0 aliphatic carbocycles. The lowest BCUT2D eigenvalue weighted by atomic mass is 10.2. The topological polar surface area (TPSA) is 41.5 Å². The lowest BCUT2D eigenvalue weighted by Crippen LogP contribution is -2.03. The van der Waals surface area contributed by atoms with Crippen LogP contribution in [0.2, 0.25) is 0 Å². The molecule has 4 heteroatoms. The summed E-state index contributed by atoms with van der Waals surface area (Å²) in [5.74, 6) is 0.864. The molecule has 0 aliphatic rings. The van der Waals surface area contributed by atoms with E-state index in [1.54, 1.807) is 7.11 Å². The van der Waals surface area contributed by atoms with Crippen LogP contribution in [0.5, 0.6) is 5.75 Å². The summed E-state index contributed by atoms with van der Waals surface area (Å²) in [6.45, 7) is 1.23. The number of aliphatic hydroxyl groups is 1. The number of anilines is 1. The zero-order chi connectivity index (χ0) is 12.5. The molecule has 0 saturated carbocycles. The Morgan fingerprint density at radius 2 is 2.00 bits per heavy atom. The Hall–Kier alpha value is -0.740. The van der Waals surface area contributed by atoms with Crippen LogP contribution < -0.4 is 10.1 Å². The standard InChI is InChI=1S/C13H20BrNO2/c1-17-13-7-6-11(14)10-12(13)15-8-4-2-3-5-9-16/h6-7,10,15-16H,2-5,8-9H2,1H3. The van der Waals surface area contributed by atoms with Crippen molar-refractivity contribution in [1.82, 2.24) is 0 Å². The molecule has 0 aliphatic heterocycles. The van der Waals surface area contributed by atoms with Crippen LogP contribution in [0.25, 0.3) is 0 Å². The maximum absolute atomic E-state index is 8.66. The van der Waals surface area contributed by atoms with Gasteiger partial charge in [-0.2, -0.15) is 0 Å². The maximum Gasteiger partial charge on any atom is 0.142 e. The minimum Gasteiger partial charge on any atom is -0.495 e. The summed E-state index contributed by atoms with van der Waals surface area (Å²) >= 11 is 3.45. The molecule has 1 aromatic rings. The molecule has 2 N–H and O–H groups in total. The highest BCUT2D eigenvalue weighted by Crippen LogP contribution is 2.27. The second-order valence-corrected chi connectivity index (χ2v) is 4.82. The minimum absolute atomic E-state index is 0.298. The molecule has 3 nitrogen and oxygen atoms in total. The third-order valence-electron chi connectivity index (χ3n) is 2.56. The van der Waals surface area contributed by atoms with Gasteiger partial charge in [0.05, 0.1) is 12.8 Å². The molecule has 0 spiro atoms. The van der Waals surface area contributed by atoms with Gasteiger partial charge in [0.25, 0.3) is 0 Å². The summed E-state index contributed by atoms with van der Waals surface area (Å²) in [4.78, 5) is 0. The van der Waals surface area contributed by atoms with Crippen LogP contribution in [0.3, 0.4) is 0 Å². The fraction of sp³-hybridized carbons (Fsp3) is 0.538. The average molecular weight is 302 g/mol. The molecule has 0 heterocycles. The van der Waals surface area contributed by atoms with E-state index in [2.05, 4.69) is 21.2 Å². The number of methoxy groups -OCH3 is 1. The molecule has 0 fully saturated rings. The third kappa shape index (κ3) is 5.41. The third-order valence-corrected chi connectivity index (χ3v) is 3.06. The van der Waals surface area contributed by atoms with E-state index in [4.69, 9.17) is 9.84 Å². The van der Waals surface area contributed by atoms with Gasteiger partial charge in [0.1, 0.15) is 5.75 Å². The summed E-state index contributed by atoms with van der Waals surface area (Å²) < 4.78 is 6.32. The van der Waals surface area contributed by atoms with Gasteiger partial charge in [0.2, 0.25) is 0 Å². The second kappa shape index (κ2) is 8.37. The predicted octanol–water partition coefficient (Wildman–Crippen LogP) is 3.42. The van der Waals surface area contributed by atoms with Gasteiger partial charge in [0.15, 0.2) is 0 Å². The first kappa shape index (κ1) is 14.3. The average Bonchev–Trinajstić information content (AvgIpc) is 2.34. The van der Waals surface area contributed by atoms with Gasteiger partial charge in [-0.25, -0.2) is 0 Å². The van der Waals surface area contributed by atoms with Gasteiger partial charge in [-0.05, 0) is 31.0 Å². The Labute approximate surface area is 111 Å².